The van der Waals surface area contributed by atoms with E-state index in [1.165, 1.54) is 0 Å². The average molecular weight is 298 g/mol. The van der Waals surface area contributed by atoms with Crippen LogP contribution in [-0.4, -0.2) is 46.3 Å². The highest BCUT2D eigenvalue weighted by Gasteiger charge is 2.15. The third kappa shape index (κ3) is 4.12. The topological polar surface area (TPSA) is 75.2 Å². The lowest BCUT2D eigenvalue weighted by atomic mass is 10.3. The van der Waals surface area contributed by atoms with Crippen molar-refractivity contribution in [2.45, 2.75) is 6.92 Å². The van der Waals surface area contributed by atoms with E-state index in [4.69, 9.17) is 0 Å². The molecule has 6 heteroatoms. The first-order valence-electron chi connectivity index (χ1n) is 7.12. The number of amides is 2. The monoisotopic (exact) mass is 298 g/mol. The molecule has 1 N–H and O–H groups in total. The summed E-state index contributed by atoms with van der Waals surface area (Å²) in [5, 5.41) is 2.75. The lowest BCUT2D eigenvalue weighted by Gasteiger charge is -2.20. The van der Waals surface area contributed by atoms with Gasteiger partial charge in [-0.25, -0.2) is 0 Å². The summed E-state index contributed by atoms with van der Waals surface area (Å²) >= 11 is 0. The van der Waals surface area contributed by atoms with Gasteiger partial charge in [0.05, 0.1) is 0 Å². The first-order chi connectivity index (χ1) is 10.7. The van der Waals surface area contributed by atoms with Crippen LogP contribution in [0.1, 0.15) is 27.9 Å². The van der Waals surface area contributed by atoms with Gasteiger partial charge in [-0.3, -0.25) is 19.6 Å². The van der Waals surface area contributed by atoms with Crippen molar-refractivity contribution in [1.29, 1.82) is 0 Å². The molecule has 2 aromatic rings. The highest BCUT2D eigenvalue weighted by Crippen LogP contribution is 2.01. The molecule has 0 spiro atoms. The second-order valence-electron chi connectivity index (χ2n) is 4.57. The van der Waals surface area contributed by atoms with E-state index >= 15 is 0 Å². The van der Waals surface area contributed by atoms with Crippen molar-refractivity contribution in [3.8, 4) is 0 Å². The molecule has 2 rings (SSSR count). The van der Waals surface area contributed by atoms with Crippen molar-refractivity contribution in [3.05, 3.63) is 60.2 Å². The Balaban J connectivity index is 1.87. The van der Waals surface area contributed by atoms with E-state index in [9.17, 15) is 9.59 Å². The van der Waals surface area contributed by atoms with E-state index in [2.05, 4.69) is 15.3 Å². The molecule has 0 aromatic carbocycles. The molecule has 6 nitrogen and oxygen atoms in total. The van der Waals surface area contributed by atoms with Gasteiger partial charge in [0.15, 0.2) is 0 Å². The normalized spacial score (nSPS) is 10.0. The minimum Gasteiger partial charge on any atom is -0.349 e. The Labute approximate surface area is 129 Å². The second kappa shape index (κ2) is 7.87. The molecular formula is C16H18N4O2. The van der Waals surface area contributed by atoms with E-state index < -0.39 is 0 Å². The van der Waals surface area contributed by atoms with Gasteiger partial charge in [0.25, 0.3) is 11.8 Å². The second-order valence-corrected chi connectivity index (χ2v) is 4.57. The molecule has 0 atom stereocenters. The third-order valence-corrected chi connectivity index (χ3v) is 3.12. The summed E-state index contributed by atoms with van der Waals surface area (Å²) < 4.78 is 0. The highest BCUT2D eigenvalue weighted by molar-refractivity contribution is 5.93. The maximum Gasteiger partial charge on any atom is 0.272 e. The van der Waals surface area contributed by atoms with Crippen LogP contribution < -0.4 is 5.32 Å². The fourth-order valence-electron chi connectivity index (χ4n) is 1.95. The van der Waals surface area contributed by atoms with Crippen LogP contribution in [0.3, 0.4) is 0 Å². The molecule has 2 amide bonds. The number of likely N-dealkylation sites (N-methyl/N-ethyl adjacent to an activating group) is 1. The van der Waals surface area contributed by atoms with Crippen LogP contribution in [0.2, 0.25) is 0 Å². The molecule has 114 valence electrons. The van der Waals surface area contributed by atoms with Crippen LogP contribution in [0.15, 0.2) is 48.8 Å². The number of hydrogen-bond acceptors (Lipinski definition) is 4. The molecule has 22 heavy (non-hydrogen) atoms. The number of aromatic nitrogens is 2. The summed E-state index contributed by atoms with van der Waals surface area (Å²) in [7, 11) is 0. The maximum absolute atomic E-state index is 12.3. The molecule has 2 aromatic heterocycles. The Hall–Kier alpha value is -2.76. The Morgan fingerprint density at radius 3 is 2.23 bits per heavy atom. The van der Waals surface area contributed by atoms with Gasteiger partial charge in [0.2, 0.25) is 0 Å². The Morgan fingerprint density at radius 2 is 1.68 bits per heavy atom. The Kier molecular flexibility index (Phi) is 5.59. The molecule has 0 unspecified atom stereocenters. The van der Waals surface area contributed by atoms with Gasteiger partial charge in [-0.2, -0.15) is 0 Å². The van der Waals surface area contributed by atoms with Crippen LogP contribution in [0.4, 0.5) is 0 Å². The largest absolute Gasteiger partial charge is 0.349 e. The smallest absolute Gasteiger partial charge is 0.272 e. The Morgan fingerprint density at radius 1 is 1.05 bits per heavy atom. The van der Waals surface area contributed by atoms with Crippen LogP contribution >= 0.6 is 0 Å². The quantitative estimate of drug-likeness (QED) is 0.874. The summed E-state index contributed by atoms with van der Waals surface area (Å²) in [6.45, 7) is 3.22. The summed E-state index contributed by atoms with van der Waals surface area (Å²) in [4.78, 5) is 33.8. The van der Waals surface area contributed by atoms with E-state index in [0.29, 0.717) is 31.0 Å². The summed E-state index contributed by atoms with van der Waals surface area (Å²) in [6, 6.07) is 10.4. The molecule has 0 radical (unpaired) electrons. The number of hydrogen-bond donors (Lipinski definition) is 1. The van der Waals surface area contributed by atoms with Gasteiger partial charge in [-0.1, -0.05) is 12.1 Å². The predicted octanol–water partition coefficient (Wildman–Crippen LogP) is 1.37. The van der Waals surface area contributed by atoms with Crippen LogP contribution in [0.25, 0.3) is 0 Å². The molecule has 0 saturated heterocycles. The number of rotatable bonds is 6. The molecule has 0 fully saturated rings. The molecule has 0 aliphatic heterocycles. The minimum absolute atomic E-state index is 0.143. The van der Waals surface area contributed by atoms with Crippen molar-refractivity contribution in [3.63, 3.8) is 0 Å². The van der Waals surface area contributed by atoms with Crippen molar-refractivity contribution in [2.75, 3.05) is 19.6 Å². The maximum atomic E-state index is 12.3. The average Bonchev–Trinajstić information content (AvgIpc) is 2.59. The molecule has 0 aliphatic rings. The molecular weight excluding hydrogens is 280 g/mol. The van der Waals surface area contributed by atoms with Gasteiger partial charge >= 0.3 is 0 Å². The highest BCUT2D eigenvalue weighted by atomic mass is 16.2. The lowest BCUT2D eigenvalue weighted by molar-refractivity contribution is 0.0751. The lowest BCUT2D eigenvalue weighted by Crippen LogP contribution is -2.38. The number of nitrogens with one attached hydrogen (secondary N) is 1. The van der Waals surface area contributed by atoms with Crippen LogP contribution in [-0.2, 0) is 0 Å². The number of carbonyl (C=O) groups excluding carboxylic acids is 2. The SMILES string of the molecule is CCN(CCNC(=O)c1ccccn1)C(=O)c1ccccn1. The van der Waals surface area contributed by atoms with Crippen LogP contribution in [0.5, 0.6) is 0 Å². The zero-order valence-corrected chi connectivity index (χ0v) is 12.4. The van der Waals surface area contributed by atoms with Crippen molar-refractivity contribution >= 4 is 11.8 Å². The fourth-order valence-corrected chi connectivity index (χ4v) is 1.95. The molecule has 2 heterocycles. The summed E-state index contributed by atoms with van der Waals surface area (Å²) in [5.41, 5.74) is 0.766. The van der Waals surface area contributed by atoms with E-state index in [1.807, 2.05) is 6.92 Å². The van der Waals surface area contributed by atoms with Crippen LogP contribution in [0, 0.1) is 0 Å². The van der Waals surface area contributed by atoms with Crippen molar-refractivity contribution in [2.24, 2.45) is 0 Å². The van der Waals surface area contributed by atoms with Crippen molar-refractivity contribution in [1.82, 2.24) is 20.2 Å². The van der Waals surface area contributed by atoms with E-state index in [0.717, 1.165) is 0 Å². The van der Waals surface area contributed by atoms with E-state index in [1.54, 1.807) is 53.7 Å². The molecule has 0 aliphatic carbocycles. The zero-order chi connectivity index (χ0) is 15.8. The molecule has 0 bridgehead atoms. The number of carbonyl (C=O) groups is 2. The standard InChI is InChI=1S/C16H18N4O2/c1-2-20(16(22)14-8-4-6-10-18-14)12-11-19-15(21)13-7-3-5-9-17-13/h3-10H,2,11-12H2,1H3,(H,19,21). The van der Waals surface area contributed by atoms with Gasteiger partial charge < -0.3 is 10.2 Å². The predicted molar refractivity (Wildman–Crippen MR) is 82.4 cm³/mol. The first-order valence-corrected chi connectivity index (χ1v) is 7.12. The number of pyridine rings is 2. The van der Waals surface area contributed by atoms with Crippen molar-refractivity contribution < 1.29 is 9.59 Å². The Bertz CT molecular complexity index is 617. The summed E-state index contributed by atoms with van der Waals surface area (Å²) in [5.74, 6) is -0.392. The minimum atomic E-state index is -0.248. The van der Waals surface area contributed by atoms with E-state index in [-0.39, 0.29) is 11.8 Å². The van der Waals surface area contributed by atoms with Gasteiger partial charge in [-0.15, -0.1) is 0 Å². The number of nitrogens with zero attached hydrogens (tertiary/aromatic N) is 3. The van der Waals surface area contributed by atoms with Gasteiger partial charge in [-0.05, 0) is 31.2 Å². The molecule has 0 saturated carbocycles. The van der Waals surface area contributed by atoms with Gasteiger partial charge in [0.1, 0.15) is 11.4 Å². The first kappa shape index (κ1) is 15.6. The summed E-state index contributed by atoms with van der Waals surface area (Å²) in [6.07, 6.45) is 3.15. The van der Waals surface area contributed by atoms with Gasteiger partial charge in [0, 0.05) is 32.0 Å². The fraction of sp³-hybridized carbons (Fsp3) is 0.250. The zero-order valence-electron chi connectivity index (χ0n) is 12.4. The third-order valence-electron chi connectivity index (χ3n) is 3.12.